The first-order valence-electron chi connectivity index (χ1n) is 9.22. The van der Waals surface area contributed by atoms with Gasteiger partial charge in [-0.2, -0.15) is 0 Å². The van der Waals surface area contributed by atoms with Crippen LogP contribution in [0.4, 0.5) is 5.82 Å². The average molecular weight is 411 g/mol. The van der Waals surface area contributed by atoms with Crippen molar-refractivity contribution < 1.29 is 14.6 Å². The summed E-state index contributed by atoms with van der Waals surface area (Å²) in [5.74, 6) is 0.525. The van der Waals surface area contributed by atoms with Crippen molar-refractivity contribution in [2.45, 2.75) is 19.4 Å². The number of hydrogen-bond donors (Lipinski definition) is 1. The van der Waals surface area contributed by atoms with E-state index in [4.69, 9.17) is 21.4 Å². The molecular weight excluding hydrogens is 388 g/mol. The van der Waals surface area contributed by atoms with E-state index in [2.05, 4.69) is 11.1 Å². The molecule has 1 N–H and O–H groups in total. The molecule has 2 aromatic carbocycles. The van der Waals surface area contributed by atoms with Crippen molar-refractivity contribution in [3.8, 4) is 16.9 Å². The van der Waals surface area contributed by atoms with E-state index in [-0.39, 0.29) is 0 Å². The molecule has 0 spiro atoms. The van der Waals surface area contributed by atoms with Crippen LogP contribution in [0.25, 0.3) is 11.1 Å². The molecule has 29 heavy (non-hydrogen) atoms. The number of likely N-dealkylation sites (N-methyl/N-ethyl adjacent to an activating group) is 1. The van der Waals surface area contributed by atoms with Crippen molar-refractivity contribution in [1.29, 1.82) is 0 Å². The Morgan fingerprint density at radius 1 is 1.17 bits per heavy atom. The van der Waals surface area contributed by atoms with Gasteiger partial charge < -0.3 is 14.7 Å². The molecule has 150 valence electrons. The van der Waals surface area contributed by atoms with E-state index in [9.17, 15) is 4.79 Å². The molecule has 0 amide bonds. The van der Waals surface area contributed by atoms with Gasteiger partial charge in [0.2, 0.25) is 0 Å². The van der Waals surface area contributed by atoms with E-state index in [1.165, 1.54) is 0 Å². The van der Waals surface area contributed by atoms with E-state index >= 15 is 0 Å². The van der Waals surface area contributed by atoms with Crippen molar-refractivity contribution in [3.63, 3.8) is 0 Å². The Balaban J connectivity index is 1.83. The molecule has 0 aliphatic rings. The molecule has 6 heteroatoms. The Morgan fingerprint density at radius 2 is 1.93 bits per heavy atom. The number of aromatic nitrogens is 1. The standard InChI is InChI=1S/C23H23ClN2O3/c1-15(23(27)28)26(2)22-10-8-17(14-25-22)11-16-7-9-21(29-3)20(12-16)18-5-4-6-19(24)13-18/h4-10,12-15H,11H2,1-3H3,(H,27,28). The monoisotopic (exact) mass is 410 g/mol. The van der Waals surface area contributed by atoms with Gasteiger partial charge in [-0.05, 0) is 60.4 Å². The lowest BCUT2D eigenvalue weighted by atomic mass is 9.99. The molecular formula is C23H23ClN2O3. The number of aliphatic carboxylic acids is 1. The van der Waals surface area contributed by atoms with Gasteiger partial charge in [0.05, 0.1) is 7.11 Å². The van der Waals surface area contributed by atoms with E-state index in [1.807, 2.05) is 48.5 Å². The van der Waals surface area contributed by atoms with Gasteiger partial charge >= 0.3 is 5.97 Å². The molecule has 0 aliphatic heterocycles. The van der Waals surface area contributed by atoms with Crippen LogP contribution < -0.4 is 9.64 Å². The molecule has 0 bridgehead atoms. The summed E-state index contributed by atoms with van der Waals surface area (Å²) in [6.07, 6.45) is 2.48. The third-order valence-corrected chi connectivity index (χ3v) is 5.15. The zero-order valence-electron chi connectivity index (χ0n) is 16.6. The van der Waals surface area contributed by atoms with Crippen molar-refractivity contribution in [1.82, 2.24) is 4.98 Å². The summed E-state index contributed by atoms with van der Waals surface area (Å²) in [7, 11) is 3.38. The van der Waals surface area contributed by atoms with E-state index in [1.54, 1.807) is 32.2 Å². The number of pyridine rings is 1. The third-order valence-electron chi connectivity index (χ3n) is 4.92. The maximum absolute atomic E-state index is 11.2. The molecule has 1 atom stereocenters. The molecule has 5 nitrogen and oxygen atoms in total. The predicted octanol–water partition coefficient (Wildman–Crippen LogP) is 4.91. The minimum atomic E-state index is -0.884. The van der Waals surface area contributed by atoms with Gasteiger partial charge in [0, 0.05) is 23.8 Å². The van der Waals surface area contributed by atoms with Gasteiger partial charge in [-0.15, -0.1) is 0 Å². The van der Waals surface area contributed by atoms with E-state index in [0.29, 0.717) is 17.3 Å². The largest absolute Gasteiger partial charge is 0.496 e. The van der Waals surface area contributed by atoms with Crippen LogP contribution in [0.5, 0.6) is 5.75 Å². The number of benzene rings is 2. The Morgan fingerprint density at radius 3 is 2.55 bits per heavy atom. The van der Waals surface area contributed by atoms with Gasteiger partial charge in [-0.3, -0.25) is 0 Å². The molecule has 3 aromatic rings. The number of halogens is 1. The van der Waals surface area contributed by atoms with Crippen LogP contribution in [0.15, 0.2) is 60.8 Å². The second-order valence-electron chi connectivity index (χ2n) is 6.87. The highest BCUT2D eigenvalue weighted by Gasteiger charge is 2.18. The maximum atomic E-state index is 11.2. The number of carboxylic acids is 1. The first-order valence-corrected chi connectivity index (χ1v) is 9.60. The minimum absolute atomic E-state index is 0.623. The number of rotatable bonds is 7. The highest BCUT2D eigenvalue weighted by Crippen LogP contribution is 2.33. The lowest BCUT2D eigenvalue weighted by Crippen LogP contribution is -2.36. The molecule has 0 fully saturated rings. The first-order chi connectivity index (χ1) is 13.9. The molecule has 0 aliphatic carbocycles. The fourth-order valence-electron chi connectivity index (χ4n) is 3.08. The number of hydrogen-bond acceptors (Lipinski definition) is 4. The van der Waals surface area contributed by atoms with Crippen molar-refractivity contribution >= 4 is 23.4 Å². The number of nitrogens with zero attached hydrogens (tertiary/aromatic N) is 2. The summed E-state index contributed by atoms with van der Waals surface area (Å²) < 4.78 is 5.52. The number of ether oxygens (including phenoxy) is 1. The molecule has 1 heterocycles. The number of carbonyl (C=O) groups is 1. The second-order valence-corrected chi connectivity index (χ2v) is 7.31. The highest BCUT2D eigenvalue weighted by atomic mass is 35.5. The summed E-state index contributed by atoms with van der Waals surface area (Å²) in [5.41, 5.74) is 4.12. The predicted molar refractivity (Wildman–Crippen MR) is 116 cm³/mol. The third kappa shape index (κ3) is 4.87. The number of carboxylic acid groups (broad SMARTS) is 1. The summed E-state index contributed by atoms with van der Waals surface area (Å²) in [6, 6.07) is 16.9. The topological polar surface area (TPSA) is 62.7 Å². The Labute approximate surface area is 175 Å². The Kier molecular flexibility index (Phi) is 6.39. The van der Waals surface area contributed by atoms with Crippen LogP contribution >= 0.6 is 11.6 Å². The summed E-state index contributed by atoms with van der Waals surface area (Å²) >= 11 is 6.15. The lowest BCUT2D eigenvalue weighted by molar-refractivity contribution is -0.138. The molecule has 0 saturated carbocycles. The van der Waals surface area contributed by atoms with Gasteiger partial charge in [0.15, 0.2) is 0 Å². The average Bonchev–Trinajstić information content (AvgIpc) is 2.73. The van der Waals surface area contributed by atoms with Gasteiger partial charge in [-0.1, -0.05) is 35.9 Å². The van der Waals surface area contributed by atoms with E-state index in [0.717, 1.165) is 28.0 Å². The molecule has 1 unspecified atom stereocenters. The minimum Gasteiger partial charge on any atom is -0.496 e. The quantitative estimate of drug-likeness (QED) is 0.599. The molecule has 0 saturated heterocycles. The Hall–Kier alpha value is -3.05. The smallest absolute Gasteiger partial charge is 0.326 e. The van der Waals surface area contributed by atoms with Crippen molar-refractivity contribution in [3.05, 3.63) is 76.9 Å². The van der Waals surface area contributed by atoms with Crippen LogP contribution in [0.2, 0.25) is 5.02 Å². The van der Waals surface area contributed by atoms with Crippen molar-refractivity contribution in [2.75, 3.05) is 19.1 Å². The van der Waals surface area contributed by atoms with Crippen LogP contribution in [-0.2, 0) is 11.2 Å². The zero-order valence-corrected chi connectivity index (χ0v) is 17.3. The van der Waals surface area contributed by atoms with Gasteiger partial charge in [0.25, 0.3) is 0 Å². The highest BCUT2D eigenvalue weighted by molar-refractivity contribution is 6.30. The van der Waals surface area contributed by atoms with Gasteiger partial charge in [0.1, 0.15) is 17.6 Å². The lowest BCUT2D eigenvalue weighted by Gasteiger charge is -2.22. The van der Waals surface area contributed by atoms with Crippen LogP contribution in [0.3, 0.4) is 0 Å². The van der Waals surface area contributed by atoms with Crippen LogP contribution in [0.1, 0.15) is 18.1 Å². The van der Waals surface area contributed by atoms with Gasteiger partial charge in [-0.25, -0.2) is 9.78 Å². The van der Waals surface area contributed by atoms with Crippen LogP contribution in [-0.4, -0.2) is 36.3 Å². The Bertz CT molecular complexity index is 1010. The van der Waals surface area contributed by atoms with Crippen molar-refractivity contribution in [2.24, 2.45) is 0 Å². The normalized spacial score (nSPS) is 11.7. The number of methoxy groups -OCH3 is 1. The number of anilines is 1. The summed E-state index contributed by atoms with van der Waals surface area (Å²) in [5, 5.41) is 9.83. The second kappa shape index (κ2) is 8.97. The zero-order chi connectivity index (χ0) is 21.0. The fourth-order valence-corrected chi connectivity index (χ4v) is 3.27. The molecule has 3 rings (SSSR count). The fraction of sp³-hybridized carbons (Fsp3) is 0.217. The SMILES string of the molecule is COc1ccc(Cc2ccc(N(C)C(C)C(=O)O)nc2)cc1-c1cccc(Cl)c1. The molecule has 0 radical (unpaired) electrons. The summed E-state index contributed by atoms with van der Waals surface area (Å²) in [6.45, 7) is 1.63. The maximum Gasteiger partial charge on any atom is 0.326 e. The van der Waals surface area contributed by atoms with E-state index < -0.39 is 12.0 Å². The first kappa shape index (κ1) is 20.7. The summed E-state index contributed by atoms with van der Waals surface area (Å²) in [4.78, 5) is 17.2. The molecule has 1 aromatic heterocycles. The van der Waals surface area contributed by atoms with Crippen LogP contribution in [0, 0.1) is 0 Å².